The molecular formula is C10H16N4O6. The van der Waals surface area contributed by atoms with Crippen LogP contribution in [0.3, 0.4) is 0 Å². The second-order valence-electron chi connectivity index (χ2n) is 3.55. The Hall–Kier alpha value is -2.65. The molecule has 20 heavy (non-hydrogen) atoms. The summed E-state index contributed by atoms with van der Waals surface area (Å²) in [6, 6.07) is 0. The summed E-state index contributed by atoms with van der Waals surface area (Å²) in [7, 11) is 0. The molecule has 0 aromatic heterocycles. The van der Waals surface area contributed by atoms with Crippen LogP contribution >= 0.6 is 0 Å². The topological polar surface area (TPSA) is 154 Å². The SMILES string of the molecule is O=CNCC(=O)NCC(=O)NCC(=O)NCCC(=O)O. The molecule has 0 bridgehead atoms. The van der Waals surface area contributed by atoms with Crippen molar-refractivity contribution in [3.8, 4) is 0 Å². The van der Waals surface area contributed by atoms with Crippen molar-refractivity contribution in [2.24, 2.45) is 0 Å². The van der Waals surface area contributed by atoms with Crippen LogP contribution in [-0.4, -0.2) is 61.4 Å². The predicted octanol–water partition coefficient (Wildman–Crippen LogP) is -3.44. The first-order chi connectivity index (χ1) is 9.45. The van der Waals surface area contributed by atoms with Gasteiger partial charge in [-0.05, 0) is 0 Å². The zero-order valence-corrected chi connectivity index (χ0v) is 10.6. The lowest BCUT2D eigenvalue weighted by molar-refractivity contribution is -0.137. The van der Waals surface area contributed by atoms with Crippen molar-refractivity contribution in [1.82, 2.24) is 21.3 Å². The van der Waals surface area contributed by atoms with Gasteiger partial charge in [-0.2, -0.15) is 0 Å². The third kappa shape index (κ3) is 10.5. The molecule has 0 aliphatic carbocycles. The molecule has 0 saturated heterocycles. The summed E-state index contributed by atoms with van der Waals surface area (Å²) in [5, 5.41) is 17.2. The Morgan fingerprint density at radius 2 is 1.35 bits per heavy atom. The smallest absolute Gasteiger partial charge is 0.305 e. The average Bonchev–Trinajstić information content (AvgIpc) is 2.40. The van der Waals surface area contributed by atoms with Gasteiger partial charge in [-0.1, -0.05) is 0 Å². The summed E-state index contributed by atoms with van der Waals surface area (Å²) >= 11 is 0. The number of carboxylic acids is 1. The Labute approximate surface area is 114 Å². The molecule has 0 rings (SSSR count). The minimum absolute atomic E-state index is 0.0296. The molecule has 5 N–H and O–H groups in total. The van der Waals surface area contributed by atoms with Crippen LogP contribution in [0.25, 0.3) is 0 Å². The molecule has 0 heterocycles. The van der Waals surface area contributed by atoms with Crippen molar-refractivity contribution < 1.29 is 29.1 Å². The van der Waals surface area contributed by atoms with Crippen molar-refractivity contribution in [3.63, 3.8) is 0 Å². The fourth-order valence-corrected chi connectivity index (χ4v) is 0.988. The summed E-state index contributed by atoms with van der Waals surface area (Å²) in [5.74, 6) is -2.70. The highest BCUT2D eigenvalue weighted by Gasteiger charge is 2.07. The van der Waals surface area contributed by atoms with Crippen LogP contribution in [0.15, 0.2) is 0 Å². The lowest BCUT2D eigenvalue weighted by Crippen LogP contribution is -2.43. The summed E-state index contributed by atoms with van der Waals surface area (Å²) in [5.41, 5.74) is 0. The first-order valence-electron chi connectivity index (χ1n) is 5.64. The molecular weight excluding hydrogens is 272 g/mol. The Morgan fingerprint density at radius 1 is 0.850 bits per heavy atom. The maximum absolute atomic E-state index is 11.2. The van der Waals surface area contributed by atoms with Crippen LogP contribution in [0.2, 0.25) is 0 Å². The van der Waals surface area contributed by atoms with E-state index in [1.54, 1.807) is 0 Å². The maximum atomic E-state index is 11.2. The van der Waals surface area contributed by atoms with Gasteiger partial charge in [-0.15, -0.1) is 0 Å². The van der Waals surface area contributed by atoms with Crippen LogP contribution in [0, 0.1) is 0 Å². The highest BCUT2D eigenvalue weighted by molar-refractivity contribution is 5.89. The van der Waals surface area contributed by atoms with E-state index in [2.05, 4.69) is 21.3 Å². The number of amides is 4. The molecule has 0 spiro atoms. The highest BCUT2D eigenvalue weighted by Crippen LogP contribution is 1.75. The van der Waals surface area contributed by atoms with Crippen LogP contribution in [0.1, 0.15) is 6.42 Å². The molecule has 10 nitrogen and oxygen atoms in total. The van der Waals surface area contributed by atoms with Crippen LogP contribution in [0.4, 0.5) is 0 Å². The molecule has 0 saturated carbocycles. The molecule has 0 aliphatic rings. The van der Waals surface area contributed by atoms with Crippen LogP contribution in [0.5, 0.6) is 0 Å². The fraction of sp³-hybridized carbons (Fsp3) is 0.500. The maximum Gasteiger partial charge on any atom is 0.305 e. The quantitative estimate of drug-likeness (QED) is 0.263. The normalized spacial score (nSPS) is 9.20. The summed E-state index contributed by atoms with van der Waals surface area (Å²) in [4.78, 5) is 53.5. The minimum Gasteiger partial charge on any atom is -0.481 e. The van der Waals surface area contributed by atoms with Gasteiger partial charge in [0.2, 0.25) is 24.1 Å². The number of nitrogens with one attached hydrogen (secondary N) is 4. The van der Waals surface area contributed by atoms with Crippen LogP contribution in [-0.2, 0) is 24.0 Å². The van der Waals surface area contributed by atoms with E-state index in [9.17, 15) is 24.0 Å². The third-order valence-corrected chi connectivity index (χ3v) is 1.90. The minimum atomic E-state index is -1.04. The zero-order chi connectivity index (χ0) is 15.4. The standard InChI is InChI=1S/C10H16N4O6/c15-6-11-3-7(16)13-5-9(18)14-4-8(17)12-2-1-10(19)20/h6H,1-5H2,(H,11,15)(H,12,17)(H,13,16)(H,14,18)(H,19,20). The Bertz CT molecular complexity index is 384. The molecule has 0 unspecified atom stereocenters. The number of aliphatic carboxylic acids is 1. The summed E-state index contributed by atoms with van der Waals surface area (Å²) < 4.78 is 0. The second-order valence-corrected chi connectivity index (χ2v) is 3.55. The van der Waals surface area contributed by atoms with Crippen LogP contribution < -0.4 is 21.3 Å². The van der Waals surface area contributed by atoms with Crippen molar-refractivity contribution in [2.75, 3.05) is 26.2 Å². The number of hydrogen-bond acceptors (Lipinski definition) is 5. The van der Waals surface area contributed by atoms with E-state index >= 15 is 0 Å². The molecule has 0 aromatic rings. The van der Waals surface area contributed by atoms with Crippen molar-refractivity contribution in [1.29, 1.82) is 0 Å². The van der Waals surface area contributed by atoms with E-state index in [1.165, 1.54) is 0 Å². The van der Waals surface area contributed by atoms with Crippen molar-refractivity contribution in [2.45, 2.75) is 6.42 Å². The molecule has 0 radical (unpaired) electrons. The van der Waals surface area contributed by atoms with Gasteiger partial charge in [0.15, 0.2) is 0 Å². The first-order valence-corrected chi connectivity index (χ1v) is 5.64. The van der Waals surface area contributed by atoms with Gasteiger partial charge in [-0.3, -0.25) is 24.0 Å². The molecule has 0 atom stereocenters. The Kier molecular flexibility index (Phi) is 8.93. The lowest BCUT2D eigenvalue weighted by atomic mass is 10.4. The van der Waals surface area contributed by atoms with Crippen molar-refractivity contribution in [3.05, 3.63) is 0 Å². The largest absolute Gasteiger partial charge is 0.481 e. The first kappa shape index (κ1) is 17.4. The van der Waals surface area contributed by atoms with Gasteiger partial charge in [0.25, 0.3) is 0 Å². The van der Waals surface area contributed by atoms with E-state index < -0.39 is 23.7 Å². The molecule has 10 heteroatoms. The van der Waals surface area contributed by atoms with Gasteiger partial charge in [0.05, 0.1) is 26.1 Å². The lowest BCUT2D eigenvalue weighted by Gasteiger charge is -2.07. The Morgan fingerprint density at radius 3 is 1.85 bits per heavy atom. The molecule has 112 valence electrons. The number of carboxylic acid groups (broad SMARTS) is 1. The average molecular weight is 288 g/mol. The molecule has 4 amide bonds. The van der Waals surface area contributed by atoms with Gasteiger partial charge in [0, 0.05) is 6.54 Å². The Balaban J connectivity index is 3.66. The number of rotatable bonds is 10. The fourth-order valence-electron chi connectivity index (χ4n) is 0.988. The molecule has 0 fully saturated rings. The van der Waals surface area contributed by atoms with Gasteiger partial charge in [0.1, 0.15) is 0 Å². The van der Waals surface area contributed by atoms with E-state index in [1.807, 2.05) is 0 Å². The summed E-state index contributed by atoms with van der Waals surface area (Å²) in [6.45, 7) is -0.923. The zero-order valence-electron chi connectivity index (χ0n) is 10.6. The number of carbonyl (C=O) groups is 5. The predicted molar refractivity (Wildman–Crippen MR) is 65.3 cm³/mol. The molecule has 0 aliphatic heterocycles. The van der Waals surface area contributed by atoms with Gasteiger partial charge < -0.3 is 26.4 Å². The van der Waals surface area contributed by atoms with E-state index in [4.69, 9.17) is 5.11 Å². The van der Waals surface area contributed by atoms with E-state index in [0.29, 0.717) is 6.41 Å². The number of hydrogen-bond donors (Lipinski definition) is 5. The van der Waals surface area contributed by atoms with Gasteiger partial charge >= 0.3 is 5.97 Å². The van der Waals surface area contributed by atoms with E-state index in [-0.39, 0.29) is 32.6 Å². The van der Waals surface area contributed by atoms with Crippen molar-refractivity contribution >= 4 is 30.1 Å². The third-order valence-electron chi connectivity index (χ3n) is 1.90. The number of carbonyl (C=O) groups excluding carboxylic acids is 4. The van der Waals surface area contributed by atoms with Gasteiger partial charge in [-0.25, -0.2) is 0 Å². The molecule has 0 aromatic carbocycles. The monoisotopic (exact) mass is 288 g/mol. The van der Waals surface area contributed by atoms with E-state index in [0.717, 1.165) is 0 Å². The highest BCUT2D eigenvalue weighted by atomic mass is 16.4. The second kappa shape index (κ2) is 10.3. The summed E-state index contributed by atoms with van der Waals surface area (Å²) in [6.07, 6.45) is 0.139.